The molecule has 80 heavy (non-hydrogen) atoms. The number of benzene rings is 1. The van der Waals surface area contributed by atoms with Crippen molar-refractivity contribution in [1.82, 2.24) is 45.3 Å². The van der Waals surface area contributed by atoms with Crippen LogP contribution in [0.2, 0.25) is 0 Å². The third kappa shape index (κ3) is 10.8. The van der Waals surface area contributed by atoms with Crippen molar-refractivity contribution in [2.45, 2.75) is 186 Å². The summed E-state index contributed by atoms with van der Waals surface area (Å²) in [4.78, 5) is 76.0. The highest BCUT2D eigenvalue weighted by Gasteiger charge is 2.55. The van der Waals surface area contributed by atoms with Crippen molar-refractivity contribution in [3.8, 4) is 11.3 Å². The van der Waals surface area contributed by atoms with E-state index in [2.05, 4.69) is 110 Å². The Hall–Kier alpha value is -4.81. The maximum Gasteiger partial charge on any atom is 0.324 e. The van der Waals surface area contributed by atoms with Crippen LogP contribution in [0.4, 0.5) is 11.4 Å². The molecule has 3 N–H and O–H groups in total. The monoisotopic (exact) mass is 1100 g/mol. The lowest BCUT2D eigenvalue weighted by Gasteiger charge is -2.45. The van der Waals surface area contributed by atoms with Crippen LogP contribution < -0.4 is 25.9 Å². The predicted molar refractivity (Wildman–Crippen MR) is 310 cm³/mol. The molecular weight excluding hydrogens is 1010 g/mol. The number of morpholine rings is 1. The zero-order chi connectivity index (χ0) is 55.0. The summed E-state index contributed by atoms with van der Waals surface area (Å²) < 4.78 is 15.5. The minimum Gasteiger partial charge on any atom is -0.464 e. The molecule has 0 radical (unpaired) electrons. The summed E-state index contributed by atoms with van der Waals surface area (Å²) in [5, 5.41) is 9.66. The van der Waals surface area contributed by atoms with E-state index in [9.17, 15) is 9.59 Å². The molecule has 2 aliphatic carbocycles. The molecule has 17 heteroatoms. The van der Waals surface area contributed by atoms with Gasteiger partial charge in [0.25, 0.3) is 5.91 Å². The van der Waals surface area contributed by atoms with Gasteiger partial charge in [-0.2, -0.15) is 0 Å². The molecule has 10 heterocycles. The molecule has 7 saturated heterocycles. The smallest absolute Gasteiger partial charge is 0.324 e. The Kier molecular flexibility index (Phi) is 15.0. The van der Waals surface area contributed by atoms with Crippen LogP contribution in [0, 0.1) is 22.7 Å². The van der Waals surface area contributed by atoms with Gasteiger partial charge in [0.2, 0.25) is 11.8 Å². The first-order chi connectivity index (χ1) is 38.7. The molecule has 2 aromatic heterocycles. The number of anilines is 2. The molecule has 17 nitrogen and oxygen atoms in total. The minimum absolute atomic E-state index is 0.0219. The van der Waals surface area contributed by atoms with Gasteiger partial charge in [0.15, 0.2) is 0 Å². The minimum atomic E-state index is -0.889. The highest BCUT2D eigenvalue weighted by atomic mass is 16.5. The number of carbonyl (C=O) groups excluding carboxylic acids is 4. The Morgan fingerprint density at radius 1 is 0.863 bits per heavy atom. The lowest BCUT2D eigenvalue weighted by molar-refractivity contribution is -0.156. The Morgan fingerprint density at radius 2 is 1.68 bits per heavy atom. The van der Waals surface area contributed by atoms with E-state index in [-0.39, 0.29) is 65.7 Å². The number of nitrogens with zero attached hydrogens (tertiary/aromatic N) is 8. The van der Waals surface area contributed by atoms with Crippen LogP contribution in [-0.2, 0) is 41.6 Å². The molecule has 10 aliphatic rings. The zero-order valence-electron chi connectivity index (χ0n) is 48.7. The van der Waals surface area contributed by atoms with Gasteiger partial charge in [-0.3, -0.25) is 44.3 Å². The molecule has 3 amide bonds. The summed E-state index contributed by atoms with van der Waals surface area (Å²) in [5.74, 6) is 0.580. The second kappa shape index (κ2) is 22.1. The maximum absolute atomic E-state index is 15.3. The van der Waals surface area contributed by atoms with Crippen molar-refractivity contribution in [1.29, 1.82) is 0 Å². The number of cyclic esters (lactones) is 1. The van der Waals surface area contributed by atoms with E-state index in [4.69, 9.17) is 14.5 Å². The second-order valence-corrected chi connectivity index (χ2v) is 27.4. The number of pyridine rings is 1. The summed E-state index contributed by atoms with van der Waals surface area (Å²) in [6.45, 7) is 21.7. The van der Waals surface area contributed by atoms with Crippen molar-refractivity contribution in [2.24, 2.45) is 22.7 Å². The standard InChI is InChI=1S/C63H91N11O6/c1-6-73-52-19-18-43-30-47(52)49(57(73)48-31-45(34-64-53(48)40(2)3)69-27-26-68-22-10-9-14-44(68)35-69)33-62(4,5)39-80-61(78)50-15-11-23-74(67-50)59(76)51(32-46-36-70(43)28-29-79-46)65-58(75)56(42-12-7-8-13-42)71-24-20-63(37-71)21-25-72(38-63)60(77)55-54(66-55)41-16-17-41/h18-19,30-31,34,40-42,44,46,50-51,54-56,66-67H,6-17,20-29,32-33,35-39H2,1-5H3,(H,65,75)/t44-,46+,50+,51+,54-,55-,56+,63+/m1/s1. The van der Waals surface area contributed by atoms with Gasteiger partial charge in [-0.1, -0.05) is 47.0 Å². The number of esters is 1. The number of hydrogen-bond donors (Lipinski definition) is 3. The van der Waals surface area contributed by atoms with E-state index < -0.39 is 17.5 Å². The van der Waals surface area contributed by atoms with E-state index in [1.165, 1.54) is 72.1 Å². The fourth-order valence-corrected chi connectivity index (χ4v) is 16.2. The normalized spacial score (nSPS) is 31.2. The first-order valence-electron chi connectivity index (χ1n) is 31.6. The lowest BCUT2D eigenvalue weighted by atomic mass is 9.84. The van der Waals surface area contributed by atoms with Crippen LogP contribution in [0.3, 0.4) is 0 Å². The number of piperazine rings is 1. The largest absolute Gasteiger partial charge is 0.464 e. The first-order valence-corrected chi connectivity index (χ1v) is 31.6. The Bertz CT molecular complexity index is 2830. The average molecular weight is 1100 g/mol. The van der Waals surface area contributed by atoms with E-state index >= 15 is 9.59 Å². The molecule has 1 aromatic carbocycles. The van der Waals surface area contributed by atoms with Crippen LogP contribution in [0.25, 0.3) is 22.2 Å². The van der Waals surface area contributed by atoms with E-state index in [0.717, 1.165) is 102 Å². The van der Waals surface area contributed by atoms with Crippen LogP contribution >= 0.6 is 0 Å². The van der Waals surface area contributed by atoms with Gasteiger partial charge < -0.3 is 34.1 Å². The molecule has 6 bridgehead atoms. The summed E-state index contributed by atoms with van der Waals surface area (Å²) in [6.07, 6.45) is 16.2. The molecule has 1 spiro atoms. The Labute approximate surface area is 474 Å². The summed E-state index contributed by atoms with van der Waals surface area (Å²) in [7, 11) is 0. The molecule has 2 saturated carbocycles. The number of nitrogens with one attached hydrogen (secondary N) is 3. The van der Waals surface area contributed by atoms with Gasteiger partial charge in [0, 0.05) is 117 Å². The molecule has 0 unspecified atom stereocenters. The van der Waals surface area contributed by atoms with Gasteiger partial charge in [-0.15, -0.1) is 0 Å². The summed E-state index contributed by atoms with van der Waals surface area (Å²) >= 11 is 0. The number of hydrazine groups is 1. The molecule has 9 fully saturated rings. The first kappa shape index (κ1) is 54.4. The molecule has 8 atom stereocenters. The van der Waals surface area contributed by atoms with Crippen LogP contribution in [0.15, 0.2) is 30.5 Å². The number of piperidine rings is 1. The molecule has 8 aliphatic heterocycles. The Balaban J connectivity index is 0.808. The number of fused-ring (bicyclic) bond motifs is 7. The van der Waals surface area contributed by atoms with Crippen LogP contribution in [0.1, 0.15) is 142 Å². The molecule has 3 aromatic rings. The lowest BCUT2D eigenvalue weighted by Crippen LogP contribution is -2.62. The molecule has 434 valence electrons. The van der Waals surface area contributed by atoms with E-state index in [1.54, 1.807) is 5.01 Å². The number of carbonyl (C=O) groups is 4. The number of aryl methyl sites for hydroxylation is 1. The zero-order valence-corrected chi connectivity index (χ0v) is 48.7. The van der Waals surface area contributed by atoms with Gasteiger partial charge in [-0.05, 0) is 138 Å². The fourth-order valence-electron chi connectivity index (χ4n) is 16.2. The number of ether oxygens (including phenoxy) is 2. The van der Waals surface area contributed by atoms with E-state index in [1.807, 2.05) is 0 Å². The highest BCUT2D eigenvalue weighted by Crippen LogP contribution is 2.46. The number of amides is 3. The van der Waals surface area contributed by atoms with Crippen molar-refractivity contribution >= 4 is 46.0 Å². The van der Waals surface area contributed by atoms with Crippen LogP contribution in [-0.4, -0.2) is 181 Å². The average Bonchev–Trinajstić information content (AvgIpc) is 4.45. The Morgan fingerprint density at radius 3 is 2.49 bits per heavy atom. The topological polar surface area (TPSA) is 170 Å². The fraction of sp³-hybridized carbons (Fsp3) is 0.730. The van der Waals surface area contributed by atoms with Crippen molar-refractivity contribution in [3.05, 3.63) is 41.7 Å². The molecule has 13 rings (SSSR count). The maximum atomic E-state index is 15.3. The number of likely N-dealkylation sites (tertiary alicyclic amines) is 2. The highest BCUT2D eigenvalue weighted by molar-refractivity contribution is 5.95. The van der Waals surface area contributed by atoms with Crippen molar-refractivity contribution in [3.63, 3.8) is 0 Å². The van der Waals surface area contributed by atoms with E-state index in [0.29, 0.717) is 69.9 Å². The van der Waals surface area contributed by atoms with Crippen molar-refractivity contribution < 1.29 is 28.7 Å². The quantitative estimate of drug-likeness (QED) is 0.150. The number of hydrogen-bond acceptors (Lipinski definition) is 13. The van der Waals surface area contributed by atoms with Gasteiger partial charge in [0.05, 0.1) is 48.6 Å². The third-order valence-corrected chi connectivity index (χ3v) is 20.7. The van der Waals surface area contributed by atoms with Crippen molar-refractivity contribution in [2.75, 3.05) is 95.0 Å². The summed E-state index contributed by atoms with van der Waals surface area (Å²) in [5.41, 5.74) is 11.0. The third-order valence-electron chi connectivity index (χ3n) is 20.7. The molecular formula is C63H91N11O6. The second-order valence-electron chi connectivity index (χ2n) is 27.4. The summed E-state index contributed by atoms with van der Waals surface area (Å²) in [6, 6.07) is 8.28. The number of aromatic nitrogens is 2. The van der Waals surface area contributed by atoms with Gasteiger partial charge in [0.1, 0.15) is 18.1 Å². The predicted octanol–water partition coefficient (Wildman–Crippen LogP) is 6.46. The van der Waals surface area contributed by atoms with Crippen LogP contribution in [0.5, 0.6) is 0 Å². The number of rotatable bonds is 10. The van der Waals surface area contributed by atoms with Gasteiger partial charge >= 0.3 is 5.97 Å². The SMILES string of the molecule is CCn1c(-c2cc(N3CCN4CCCC[C@@H]4C3)cnc2C(C)C)c2c3cc(ccc31)N1CCO[C@@H](C[C@H](NC(=O)[C@H](C3CCCC3)N3CC[C@]4(CCN(C(=O)[C@@H]5N[C@@H]5C5CC5)C4)C3)C(=O)N3CCC[C@H](N3)C(=O)OCC(C)(C)C2)C1. The van der Waals surface area contributed by atoms with Gasteiger partial charge in [-0.25, -0.2) is 5.43 Å².